The fraction of sp³-hybridized carbons (Fsp3) is 0.348. The van der Waals surface area contributed by atoms with Crippen molar-refractivity contribution in [1.82, 2.24) is 10.4 Å². The van der Waals surface area contributed by atoms with Gasteiger partial charge in [0.05, 0.1) is 11.1 Å². The monoisotopic (exact) mass is 394 g/mol. The highest BCUT2D eigenvalue weighted by atomic mass is 35.5. The fourth-order valence-corrected chi connectivity index (χ4v) is 4.52. The van der Waals surface area contributed by atoms with Gasteiger partial charge in [-0.1, -0.05) is 54.1 Å². The SMILES string of the molecule is O=C(N1CCC2(C=C(c3ccccc3)NO2)CC1)C1(c2ccc(Cl)cc2)CC1. The summed E-state index contributed by atoms with van der Waals surface area (Å²) in [6, 6.07) is 18.0. The zero-order chi connectivity index (χ0) is 19.2. The van der Waals surface area contributed by atoms with Gasteiger partial charge in [-0.05, 0) is 42.2 Å². The number of hydrogen-bond acceptors (Lipinski definition) is 3. The first-order chi connectivity index (χ1) is 13.6. The van der Waals surface area contributed by atoms with Gasteiger partial charge < -0.3 is 4.90 Å². The maximum atomic E-state index is 13.3. The van der Waals surface area contributed by atoms with Crippen LogP contribution in [0.25, 0.3) is 5.70 Å². The zero-order valence-electron chi connectivity index (χ0n) is 15.7. The van der Waals surface area contributed by atoms with E-state index in [0.29, 0.717) is 18.1 Å². The van der Waals surface area contributed by atoms with Crippen molar-refractivity contribution in [3.05, 3.63) is 76.8 Å². The number of hydrogen-bond donors (Lipinski definition) is 1. The van der Waals surface area contributed by atoms with Crippen molar-refractivity contribution in [3.63, 3.8) is 0 Å². The number of likely N-dealkylation sites (tertiary alicyclic amines) is 1. The Morgan fingerprint density at radius 2 is 1.64 bits per heavy atom. The van der Waals surface area contributed by atoms with Gasteiger partial charge in [0, 0.05) is 31.0 Å². The molecule has 0 unspecified atom stereocenters. The molecule has 4 nitrogen and oxygen atoms in total. The van der Waals surface area contributed by atoms with Crippen molar-refractivity contribution in [2.24, 2.45) is 0 Å². The number of amides is 1. The van der Waals surface area contributed by atoms with Crippen molar-refractivity contribution in [1.29, 1.82) is 0 Å². The molecular formula is C23H23ClN2O2. The first-order valence-corrected chi connectivity index (χ1v) is 10.3. The van der Waals surface area contributed by atoms with Gasteiger partial charge in [-0.25, -0.2) is 0 Å². The lowest BCUT2D eigenvalue weighted by atomic mass is 9.88. The summed E-state index contributed by atoms with van der Waals surface area (Å²) in [7, 11) is 0. The van der Waals surface area contributed by atoms with E-state index in [1.54, 1.807) is 0 Å². The molecule has 0 radical (unpaired) electrons. The number of benzene rings is 2. The van der Waals surface area contributed by atoms with Gasteiger partial charge in [-0.15, -0.1) is 0 Å². The number of hydroxylamine groups is 1. The van der Waals surface area contributed by atoms with E-state index in [2.05, 4.69) is 23.7 Å². The molecule has 1 aliphatic carbocycles. The van der Waals surface area contributed by atoms with Crippen LogP contribution in [-0.4, -0.2) is 29.5 Å². The molecule has 0 bridgehead atoms. The van der Waals surface area contributed by atoms with Crippen LogP contribution in [0.3, 0.4) is 0 Å². The number of halogens is 1. The summed E-state index contributed by atoms with van der Waals surface area (Å²) in [6.45, 7) is 1.43. The highest BCUT2D eigenvalue weighted by molar-refractivity contribution is 6.30. The molecule has 1 N–H and O–H groups in total. The lowest BCUT2D eigenvalue weighted by molar-refractivity contribution is -0.139. The molecule has 144 valence electrons. The normalized spacial score (nSPS) is 21.9. The molecule has 2 aliphatic heterocycles. The van der Waals surface area contributed by atoms with Gasteiger partial charge in [0.25, 0.3) is 0 Å². The van der Waals surface area contributed by atoms with Crippen LogP contribution in [0.4, 0.5) is 0 Å². The van der Waals surface area contributed by atoms with E-state index in [0.717, 1.165) is 42.5 Å². The predicted molar refractivity (Wildman–Crippen MR) is 110 cm³/mol. The van der Waals surface area contributed by atoms with Gasteiger partial charge in [0.1, 0.15) is 5.60 Å². The Labute approximate surface area is 170 Å². The van der Waals surface area contributed by atoms with Gasteiger partial charge in [-0.3, -0.25) is 15.1 Å². The second kappa shape index (κ2) is 6.64. The molecule has 0 aromatic heterocycles. The first kappa shape index (κ1) is 17.8. The molecule has 1 saturated carbocycles. The Balaban J connectivity index is 1.28. The summed E-state index contributed by atoms with van der Waals surface area (Å²) in [6.07, 6.45) is 5.64. The summed E-state index contributed by atoms with van der Waals surface area (Å²) in [4.78, 5) is 21.3. The standard InChI is InChI=1S/C23H23ClN2O2/c24-19-8-6-18(7-9-19)23(10-11-23)21(27)26-14-12-22(13-15-26)16-20(25-28-22)17-4-2-1-3-5-17/h1-9,16,25H,10-15H2. The Kier molecular flexibility index (Phi) is 4.22. The molecule has 5 rings (SSSR count). The molecule has 2 fully saturated rings. The molecule has 3 aliphatic rings. The van der Waals surface area contributed by atoms with Crippen LogP contribution in [-0.2, 0) is 15.0 Å². The van der Waals surface area contributed by atoms with Crippen molar-refractivity contribution in [3.8, 4) is 0 Å². The minimum atomic E-state index is -0.338. The highest BCUT2D eigenvalue weighted by Gasteiger charge is 2.54. The van der Waals surface area contributed by atoms with E-state index >= 15 is 0 Å². The number of nitrogens with zero attached hydrogens (tertiary/aromatic N) is 1. The fourth-order valence-electron chi connectivity index (χ4n) is 4.40. The molecule has 1 saturated heterocycles. The van der Waals surface area contributed by atoms with Crippen LogP contribution in [0.15, 0.2) is 60.7 Å². The van der Waals surface area contributed by atoms with Crippen LogP contribution in [0.1, 0.15) is 36.8 Å². The summed E-state index contributed by atoms with van der Waals surface area (Å²) < 4.78 is 0. The molecule has 2 heterocycles. The molecule has 2 aromatic carbocycles. The second-order valence-electron chi connectivity index (χ2n) is 8.07. The van der Waals surface area contributed by atoms with Crippen molar-refractivity contribution >= 4 is 23.2 Å². The van der Waals surface area contributed by atoms with E-state index in [-0.39, 0.29) is 16.9 Å². The van der Waals surface area contributed by atoms with Crippen LogP contribution in [0.5, 0.6) is 0 Å². The summed E-state index contributed by atoms with van der Waals surface area (Å²) >= 11 is 6.02. The van der Waals surface area contributed by atoms with E-state index in [9.17, 15) is 4.79 Å². The zero-order valence-corrected chi connectivity index (χ0v) is 16.4. The van der Waals surface area contributed by atoms with E-state index in [1.807, 2.05) is 47.4 Å². The topological polar surface area (TPSA) is 41.6 Å². The number of piperidine rings is 1. The van der Waals surface area contributed by atoms with Crippen LogP contribution in [0.2, 0.25) is 5.02 Å². The van der Waals surface area contributed by atoms with Gasteiger partial charge >= 0.3 is 0 Å². The van der Waals surface area contributed by atoms with Gasteiger partial charge in [0.2, 0.25) is 5.91 Å². The quantitative estimate of drug-likeness (QED) is 0.843. The summed E-state index contributed by atoms with van der Waals surface area (Å²) in [5, 5.41) is 0.707. The Morgan fingerprint density at radius 1 is 0.964 bits per heavy atom. The Bertz CT molecular complexity index is 911. The average molecular weight is 395 g/mol. The van der Waals surface area contributed by atoms with E-state index < -0.39 is 0 Å². The largest absolute Gasteiger partial charge is 0.342 e. The van der Waals surface area contributed by atoms with Crippen LogP contribution >= 0.6 is 11.6 Å². The molecular weight excluding hydrogens is 372 g/mol. The third kappa shape index (κ3) is 3.01. The van der Waals surface area contributed by atoms with Crippen LogP contribution in [0, 0.1) is 0 Å². The smallest absolute Gasteiger partial charge is 0.233 e. The van der Waals surface area contributed by atoms with Crippen molar-refractivity contribution in [2.75, 3.05) is 13.1 Å². The molecule has 1 spiro atoms. The third-order valence-electron chi connectivity index (χ3n) is 6.31. The molecule has 2 aromatic rings. The maximum absolute atomic E-state index is 13.3. The molecule has 0 atom stereocenters. The molecule has 1 amide bonds. The highest BCUT2D eigenvalue weighted by Crippen LogP contribution is 2.50. The third-order valence-corrected chi connectivity index (χ3v) is 6.56. The first-order valence-electron chi connectivity index (χ1n) is 9.88. The molecule has 5 heteroatoms. The van der Waals surface area contributed by atoms with E-state index in [4.69, 9.17) is 16.4 Å². The van der Waals surface area contributed by atoms with E-state index in [1.165, 1.54) is 0 Å². The van der Waals surface area contributed by atoms with Crippen LogP contribution < -0.4 is 5.48 Å². The summed E-state index contributed by atoms with van der Waals surface area (Å²) in [5.74, 6) is 0.253. The maximum Gasteiger partial charge on any atom is 0.233 e. The number of nitrogens with one attached hydrogen (secondary N) is 1. The second-order valence-corrected chi connectivity index (χ2v) is 8.51. The number of rotatable bonds is 3. The lowest BCUT2D eigenvalue weighted by Crippen LogP contribution is -2.49. The Morgan fingerprint density at radius 3 is 2.29 bits per heavy atom. The average Bonchev–Trinajstić information content (AvgIpc) is 3.45. The van der Waals surface area contributed by atoms with Crippen molar-refractivity contribution in [2.45, 2.75) is 36.7 Å². The predicted octanol–water partition coefficient (Wildman–Crippen LogP) is 4.31. The summed E-state index contributed by atoms with van der Waals surface area (Å²) in [5.41, 5.74) is 5.66. The number of carbonyl (C=O) groups excluding carboxylic acids is 1. The number of carbonyl (C=O) groups is 1. The Hall–Kier alpha value is -2.30. The van der Waals surface area contributed by atoms with Crippen molar-refractivity contribution < 1.29 is 9.63 Å². The van der Waals surface area contributed by atoms with Gasteiger partial charge in [-0.2, -0.15) is 0 Å². The molecule has 28 heavy (non-hydrogen) atoms. The minimum absolute atomic E-state index is 0.253. The minimum Gasteiger partial charge on any atom is -0.342 e. The van der Waals surface area contributed by atoms with Gasteiger partial charge in [0.15, 0.2) is 0 Å². The lowest BCUT2D eigenvalue weighted by Gasteiger charge is -2.38.